The summed E-state index contributed by atoms with van der Waals surface area (Å²) in [5.74, 6) is -0.0804. The van der Waals surface area contributed by atoms with Crippen molar-refractivity contribution in [3.8, 4) is 5.75 Å². The number of halogens is 1. The first kappa shape index (κ1) is 17.4. The summed E-state index contributed by atoms with van der Waals surface area (Å²) in [6.07, 6.45) is 0. The molecule has 1 aromatic rings. The normalized spacial score (nSPS) is 11.6. The number of hydrogen-bond donors (Lipinski definition) is 1. The second-order valence-corrected chi connectivity index (χ2v) is 5.95. The highest BCUT2D eigenvalue weighted by molar-refractivity contribution is 5.75. The van der Waals surface area contributed by atoms with Crippen LogP contribution in [0.15, 0.2) is 18.2 Å². The van der Waals surface area contributed by atoms with Crippen LogP contribution in [0, 0.1) is 11.2 Å². The summed E-state index contributed by atoms with van der Waals surface area (Å²) < 4.78 is 23.8. The van der Waals surface area contributed by atoms with Gasteiger partial charge >= 0.3 is 5.97 Å². The van der Waals surface area contributed by atoms with Gasteiger partial charge in [0.25, 0.3) is 0 Å². The van der Waals surface area contributed by atoms with Crippen molar-refractivity contribution in [1.82, 2.24) is 5.32 Å². The van der Waals surface area contributed by atoms with Crippen LogP contribution >= 0.6 is 0 Å². The molecule has 0 unspecified atom stereocenters. The Morgan fingerprint density at radius 1 is 1.38 bits per heavy atom. The van der Waals surface area contributed by atoms with E-state index in [0.717, 1.165) is 5.56 Å². The van der Waals surface area contributed by atoms with Crippen LogP contribution in [0.5, 0.6) is 5.75 Å². The largest absolute Gasteiger partial charge is 0.492 e. The monoisotopic (exact) mass is 297 g/mol. The second kappa shape index (κ2) is 7.41. The third kappa shape index (κ3) is 5.34. The van der Waals surface area contributed by atoms with Crippen LogP contribution in [0.3, 0.4) is 0 Å². The summed E-state index contributed by atoms with van der Waals surface area (Å²) in [5, 5.41) is 3.22. The van der Waals surface area contributed by atoms with Gasteiger partial charge in [0.2, 0.25) is 0 Å². The Morgan fingerprint density at radius 2 is 2.05 bits per heavy atom. The molecular weight excluding hydrogens is 273 g/mol. The third-order valence-electron chi connectivity index (χ3n) is 3.05. The zero-order chi connectivity index (χ0) is 16.0. The molecule has 4 nitrogen and oxygen atoms in total. The Bertz CT molecular complexity index is 486. The first-order chi connectivity index (χ1) is 9.76. The Hall–Kier alpha value is -1.62. The van der Waals surface area contributed by atoms with E-state index in [0.29, 0.717) is 12.3 Å². The number of hydrogen-bond acceptors (Lipinski definition) is 4. The lowest BCUT2D eigenvalue weighted by Crippen LogP contribution is -2.32. The van der Waals surface area contributed by atoms with E-state index in [1.165, 1.54) is 19.2 Å². The third-order valence-corrected chi connectivity index (χ3v) is 3.05. The van der Waals surface area contributed by atoms with Crippen LogP contribution in [0.1, 0.15) is 33.3 Å². The van der Waals surface area contributed by atoms with Gasteiger partial charge in [-0.05, 0) is 32.0 Å². The average molecular weight is 297 g/mol. The molecule has 0 bridgehead atoms. The molecule has 5 heteroatoms. The van der Waals surface area contributed by atoms with Crippen molar-refractivity contribution >= 4 is 5.97 Å². The minimum atomic E-state index is -0.758. The molecule has 0 aliphatic heterocycles. The quantitative estimate of drug-likeness (QED) is 0.786. The Kier molecular flexibility index (Phi) is 6.15. The van der Waals surface area contributed by atoms with Crippen molar-refractivity contribution in [2.45, 2.75) is 40.3 Å². The van der Waals surface area contributed by atoms with Gasteiger partial charge in [0.15, 0.2) is 0 Å². The van der Waals surface area contributed by atoms with Crippen LogP contribution in [-0.4, -0.2) is 25.7 Å². The van der Waals surface area contributed by atoms with E-state index < -0.39 is 5.41 Å². The number of esters is 1. The molecule has 1 aromatic carbocycles. The lowest BCUT2D eigenvalue weighted by atomic mass is 9.95. The van der Waals surface area contributed by atoms with Gasteiger partial charge in [-0.1, -0.05) is 13.8 Å². The smallest absolute Gasteiger partial charge is 0.314 e. The molecule has 0 aliphatic carbocycles. The van der Waals surface area contributed by atoms with Crippen molar-refractivity contribution < 1.29 is 18.7 Å². The molecule has 0 aromatic heterocycles. The van der Waals surface area contributed by atoms with Crippen molar-refractivity contribution in [2.75, 3.05) is 13.7 Å². The minimum Gasteiger partial charge on any atom is -0.492 e. The van der Waals surface area contributed by atoms with E-state index in [4.69, 9.17) is 9.47 Å². The topological polar surface area (TPSA) is 47.6 Å². The number of carbonyl (C=O) groups excluding carboxylic acids is 1. The fourth-order valence-electron chi connectivity index (χ4n) is 1.73. The molecule has 0 radical (unpaired) electrons. The molecule has 0 saturated heterocycles. The summed E-state index contributed by atoms with van der Waals surface area (Å²) in [4.78, 5) is 11.6. The molecule has 0 amide bonds. The van der Waals surface area contributed by atoms with Crippen LogP contribution in [-0.2, 0) is 16.1 Å². The molecule has 1 rings (SSSR count). The number of benzene rings is 1. The van der Waals surface area contributed by atoms with Gasteiger partial charge in [0, 0.05) is 18.2 Å². The molecule has 0 heterocycles. The lowest BCUT2D eigenvalue weighted by Gasteiger charge is -2.23. The summed E-state index contributed by atoms with van der Waals surface area (Å²) in [5.41, 5.74) is -0.0318. The maximum atomic E-state index is 13.4. The molecule has 0 aliphatic rings. The number of ether oxygens (including phenoxy) is 2. The van der Waals surface area contributed by atoms with Crippen molar-refractivity contribution in [1.29, 1.82) is 0 Å². The van der Waals surface area contributed by atoms with E-state index in [1.807, 2.05) is 13.8 Å². The fraction of sp³-hybridized carbons (Fsp3) is 0.562. The number of methoxy groups -OCH3 is 1. The highest BCUT2D eigenvalue weighted by Crippen LogP contribution is 2.24. The van der Waals surface area contributed by atoms with Gasteiger partial charge in [0.1, 0.15) is 18.2 Å². The van der Waals surface area contributed by atoms with E-state index >= 15 is 0 Å². The molecule has 0 atom stereocenters. The van der Waals surface area contributed by atoms with Gasteiger partial charge in [-0.25, -0.2) is 4.39 Å². The lowest BCUT2D eigenvalue weighted by molar-refractivity contribution is -0.152. The van der Waals surface area contributed by atoms with Crippen molar-refractivity contribution in [3.05, 3.63) is 29.6 Å². The number of rotatable bonds is 7. The van der Waals surface area contributed by atoms with Crippen LogP contribution < -0.4 is 10.1 Å². The Labute approximate surface area is 125 Å². The minimum absolute atomic E-state index is 0.167. The Morgan fingerprint density at radius 3 is 2.62 bits per heavy atom. The zero-order valence-electron chi connectivity index (χ0n) is 13.3. The van der Waals surface area contributed by atoms with Gasteiger partial charge in [-0.2, -0.15) is 0 Å². The summed E-state index contributed by atoms with van der Waals surface area (Å²) in [6, 6.07) is 4.66. The van der Waals surface area contributed by atoms with Crippen LogP contribution in [0.4, 0.5) is 4.39 Å². The molecule has 0 fully saturated rings. The van der Waals surface area contributed by atoms with Gasteiger partial charge < -0.3 is 14.8 Å². The number of carbonyl (C=O) groups is 1. The molecule has 0 saturated carbocycles. The molecule has 118 valence electrons. The van der Waals surface area contributed by atoms with E-state index in [1.54, 1.807) is 19.9 Å². The van der Waals surface area contributed by atoms with Gasteiger partial charge in [-0.15, -0.1) is 0 Å². The summed E-state index contributed by atoms with van der Waals surface area (Å²) >= 11 is 0. The fourth-order valence-corrected chi connectivity index (χ4v) is 1.73. The highest BCUT2D eigenvalue weighted by atomic mass is 19.1. The van der Waals surface area contributed by atoms with Crippen molar-refractivity contribution in [2.24, 2.45) is 5.41 Å². The zero-order valence-corrected chi connectivity index (χ0v) is 13.3. The standard InChI is InChI=1S/C16H24FNO3/c1-11(2)18-9-12-8-13(17)6-7-14(12)21-10-16(3,4)15(19)20-5/h6-8,11,18H,9-10H2,1-5H3. The molecule has 21 heavy (non-hydrogen) atoms. The van der Waals surface area contributed by atoms with Gasteiger partial charge in [0.05, 0.1) is 12.5 Å². The van der Waals surface area contributed by atoms with Crippen LogP contribution in [0.2, 0.25) is 0 Å². The maximum Gasteiger partial charge on any atom is 0.314 e. The highest BCUT2D eigenvalue weighted by Gasteiger charge is 2.30. The average Bonchev–Trinajstić information content (AvgIpc) is 2.42. The van der Waals surface area contributed by atoms with Crippen LogP contribution in [0.25, 0.3) is 0 Å². The maximum absolute atomic E-state index is 13.4. The summed E-state index contributed by atoms with van der Waals surface area (Å²) in [7, 11) is 1.35. The first-order valence-corrected chi connectivity index (χ1v) is 6.99. The molecule has 0 spiro atoms. The summed E-state index contributed by atoms with van der Waals surface area (Å²) in [6.45, 7) is 8.19. The van der Waals surface area contributed by atoms with Gasteiger partial charge in [-0.3, -0.25) is 4.79 Å². The second-order valence-electron chi connectivity index (χ2n) is 5.95. The van der Waals surface area contributed by atoms with E-state index in [-0.39, 0.29) is 24.4 Å². The SMILES string of the molecule is COC(=O)C(C)(C)COc1ccc(F)cc1CNC(C)C. The van der Waals surface area contributed by atoms with Crippen molar-refractivity contribution in [3.63, 3.8) is 0 Å². The first-order valence-electron chi connectivity index (χ1n) is 6.99. The number of nitrogens with one attached hydrogen (secondary N) is 1. The Balaban J connectivity index is 2.80. The predicted molar refractivity (Wildman–Crippen MR) is 79.7 cm³/mol. The predicted octanol–water partition coefficient (Wildman–Crippen LogP) is 2.90. The van der Waals surface area contributed by atoms with E-state index in [9.17, 15) is 9.18 Å². The van der Waals surface area contributed by atoms with E-state index in [2.05, 4.69) is 5.32 Å². The molecular formula is C16H24FNO3. The molecule has 1 N–H and O–H groups in total.